The molecule has 1 N–H and O–H groups in total. The van der Waals surface area contributed by atoms with E-state index < -0.39 is 5.97 Å². The number of fused-ring (bicyclic) bond motifs is 2. The lowest BCUT2D eigenvalue weighted by molar-refractivity contribution is -0.137. The summed E-state index contributed by atoms with van der Waals surface area (Å²) in [7, 11) is 0. The first-order valence-electron chi connectivity index (χ1n) is 12.1. The van der Waals surface area contributed by atoms with Crippen LogP contribution in [0, 0.1) is 11.8 Å². The minimum Gasteiger partial charge on any atom is -0.481 e. The molecule has 2 heterocycles. The number of allylic oxidation sites excluding steroid dienone is 2. The topological polar surface area (TPSA) is 76.1 Å². The smallest absolute Gasteiger partial charge is 0.414 e. The Bertz CT molecular complexity index is 750. The molecule has 2 aliphatic heterocycles. The molecule has 0 radical (unpaired) electrons. The molecule has 1 aromatic rings. The monoisotopic (exact) mass is 443 g/mol. The number of ether oxygens (including phenoxy) is 2. The van der Waals surface area contributed by atoms with Gasteiger partial charge in [-0.25, -0.2) is 4.79 Å². The van der Waals surface area contributed by atoms with Crippen LogP contribution in [0.2, 0.25) is 0 Å². The van der Waals surface area contributed by atoms with Gasteiger partial charge in [-0.15, -0.1) is 0 Å². The number of carbonyl (C=O) groups excluding carboxylic acids is 1. The van der Waals surface area contributed by atoms with E-state index in [1.807, 2.05) is 37.3 Å². The second-order valence-corrected chi connectivity index (χ2v) is 8.80. The van der Waals surface area contributed by atoms with Crippen LogP contribution in [-0.4, -0.2) is 42.5 Å². The van der Waals surface area contributed by atoms with Crippen molar-refractivity contribution in [2.24, 2.45) is 11.8 Å². The van der Waals surface area contributed by atoms with Crippen LogP contribution in [0.15, 0.2) is 42.5 Å². The Labute approximate surface area is 191 Å². The lowest BCUT2D eigenvalue weighted by Gasteiger charge is -2.27. The van der Waals surface area contributed by atoms with Crippen LogP contribution in [0.4, 0.5) is 10.5 Å². The van der Waals surface area contributed by atoms with E-state index in [0.717, 1.165) is 50.6 Å². The van der Waals surface area contributed by atoms with E-state index in [1.165, 1.54) is 0 Å². The van der Waals surface area contributed by atoms with Crippen LogP contribution >= 0.6 is 0 Å². The van der Waals surface area contributed by atoms with Gasteiger partial charge in [0.05, 0.1) is 18.8 Å². The predicted octanol–water partition coefficient (Wildman–Crippen LogP) is 5.81. The van der Waals surface area contributed by atoms with Crippen molar-refractivity contribution in [3.05, 3.63) is 42.5 Å². The number of carboxylic acids is 1. The average Bonchev–Trinajstić information content (AvgIpc) is 3.39. The SMILES string of the molecule is CCN(C(=O)OCCCC[C@H]1[C@@H](C/C=C\CCCC(=O)O)[C@H]2CC[C@@H]1O2)c1ccccc1. The molecule has 1 aromatic carbocycles. The third-order valence-electron chi connectivity index (χ3n) is 6.69. The van der Waals surface area contributed by atoms with Gasteiger partial charge in [0.25, 0.3) is 0 Å². The highest BCUT2D eigenvalue weighted by Crippen LogP contribution is 2.47. The van der Waals surface area contributed by atoms with Crippen LogP contribution in [0.25, 0.3) is 0 Å². The second kappa shape index (κ2) is 12.6. The summed E-state index contributed by atoms with van der Waals surface area (Å²) in [5, 5.41) is 8.72. The maximum absolute atomic E-state index is 12.4. The lowest BCUT2D eigenvalue weighted by atomic mass is 9.75. The standard InChI is InChI=1S/C26H37NO5/c1-2-27(20-12-6-5-7-13-20)26(30)31-19-11-10-15-22-21(23-17-18-24(22)32-23)14-8-3-4-9-16-25(28)29/h3,5-8,12-13,21-24H,2,4,9-11,14-19H2,1H3,(H,28,29)/b8-3-/t21-,22+,23-,24+/m1/s1. The number of carbonyl (C=O) groups is 2. The number of carboxylic acid groups (broad SMARTS) is 1. The predicted molar refractivity (Wildman–Crippen MR) is 125 cm³/mol. The van der Waals surface area contributed by atoms with E-state index in [0.29, 0.717) is 43.6 Å². The van der Waals surface area contributed by atoms with Gasteiger partial charge < -0.3 is 14.6 Å². The molecule has 0 spiro atoms. The zero-order valence-corrected chi connectivity index (χ0v) is 19.2. The molecule has 6 heteroatoms. The molecule has 0 aromatic heterocycles. The summed E-state index contributed by atoms with van der Waals surface area (Å²) in [6, 6.07) is 9.61. The minimum absolute atomic E-state index is 0.232. The molecule has 176 valence electrons. The highest BCUT2D eigenvalue weighted by molar-refractivity contribution is 5.87. The van der Waals surface area contributed by atoms with Crippen molar-refractivity contribution in [3.63, 3.8) is 0 Å². The largest absolute Gasteiger partial charge is 0.481 e. The summed E-state index contributed by atoms with van der Waals surface area (Å²) in [6.07, 6.45) is 12.9. The van der Waals surface area contributed by atoms with E-state index in [-0.39, 0.29) is 12.5 Å². The minimum atomic E-state index is -0.729. The molecule has 6 nitrogen and oxygen atoms in total. The Morgan fingerprint density at radius 3 is 2.56 bits per heavy atom. The number of hydrogen-bond donors (Lipinski definition) is 1. The molecule has 3 rings (SSSR count). The van der Waals surface area contributed by atoms with Crippen LogP contribution in [0.5, 0.6) is 0 Å². The van der Waals surface area contributed by atoms with E-state index in [1.54, 1.807) is 4.90 Å². The molecule has 2 fully saturated rings. The van der Waals surface area contributed by atoms with Gasteiger partial charge in [0.1, 0.15) is 0 Å². The van der Waals surface area contributed by atoms with Gasteiger partial charge in [0.2, 0.25) is 0 Å². The van der Waals surface area contributed by atoms with Crippen molar-refractivity contribution in [1.82, 2.24) is 0 Å². The number of nitrogens with zero attached hydrogens (tertiary/aromatic N) is 1. The second-order valence-electron chi connectivity index (χ2n) is 8.80. The summed E-state index contributed by atoms with van der Waals surface area (Å²) in [6.45, 7) is 2.97. The van der Waals surface area contributed by atoms with Gasteiger partial charge in [0.15, 0.2) is 0 Å². The molecule has 32 heavy (non-hydrogen) atoms. The van der Waals surface area contributed by atoms with Gasteiger partial charge in [-0.05, 0) is 82.3 Å². The number of benzene rings is 1. The van der Waals surface area contributed by atoms with Crippen LogP contribution in [0.3, 0.4) is 0 Å². The van der Waals surface area contributed by atoms with Gasteiger partial charge in [-0.1, -0.05) is 30.4 Å². The Morgan fingerprint density at radius 2 is 1.84 bits per heavy atom. The van der Waals surface area contributed by atoms with Crippen LogP contribution in [0.1, 0.15) is 64.7 Å². The number of anilines is 1. The zero-order valence-electron chi connectivity index (χ0n) is 19.2. The van der Waals surface area contributed by atoms with Crippen molar-refractivity contribution < 1.29 is 24.2 Å². The van der Waals surface area contributed by atoms with Crippen molar-refractivity contribution >= 4 is 17.7 Å². The number of aliphatic carboxylic acids is 1. The fourth-order valence-electron chi connectivity index (χ4n) is 5.08. The average molecular weight is 444 g/mol. The van der Waals surface area contributed by atoms with Crippen molar-refractivity contribution in [3.8, 4) is 0 Å². The Morgan fingerprint density at radius 1 is 1.09 bits per heavy atom. The number of amides is 1. The lowest BCUT2D eigenvalue weighted by Crippen LogP contribution is -2.31. The molecular formula is C26H37NO5. The molecule has 2 saturated heterocycles. The maximum Gasteiger partial charge on any atom is 0.414 e. The molecule has 4 atom stereocenters. The first-order chi connectivity index (χ1) is 15.6. The van der Waals surface area contributed by atoms with Crippen molar-refractivity contribution in [2.75, 3.05) is 18.1 Å². The summed E-state index contributed by atoms with van der Waals surface area (Å²) in [4.78, 5) is 24.7. The van der Waals surface area contributed by atoms with Crippen LogP contribution in [-0.2, 0) is 14.3 Å². The number of rotatable bonds is 13. The fraction of sp³-hybridized carbons (Fsp3) is 0.615. The highest BCUT2D eigenvalue weighted by Gasteiger charge is 2.47. The summed E-state index contributed by atoms with van der Waals surface area (Å²) >= 11 is 0. The van der Waals surface area contributed by atoms with E-state index in [4.69, 9.17) is 14.6 Å². The number of para-hydroxylation sites is 1. The Balaban J connectivity index is 1.36. The molecule has 0 unspecified atom stereocenters. The van der Waals surface area contributed by atoms with Gasteiger partial charge in [-0.3, -0.25) is 9.69 Å². The molecule has 1 amide bonds. The Kier molecular flexibility index (Phi) is 9.60. The van der Waals surface area contributed by atoms with Crippen molar-refractivity contribution in [2.45, 2.75) is 76.9 Å². The first kappa shape index (κ1) is 24.3. The third-order valence-corrected chi connectivity index (χ3v) is 6.69. The zero-order chi connectivity index (χ0) is 22.8. The third kappa shape index (κ3) is 6.83. The van der Waals surface area contributed by atoms with Gasteiger partial charge in [-0.2, -0.15) is 0 Å². The highest BCUT2D eigenvalue weighted by atomic mass is 16.6. The normalized spacial score (nSPS) is 24.2. The number of hydrogen-bond acceptors (Lipinski definition) is 4. The Hall–Kier alpha value is -2.34. The maximum atomic E-state index is 12.4. The molecule has 2 bridgehead atoms. The molecular weight excluding hydrogens is 406 g/mol. The first-order valence-corrected chi connectivity index (χ1v) is 12.1. The summed E-state index contributed by atoms with van der Waals surface area (Å²) < 4.78 is 11.7. The number of unbranched alkanes of at least 4 members (excludes halogenated alkanes) is 2. The molecule has 0 aliphatic carbocycles. The quantitative estimate of drug-likeness (QED) is 0.307. The summed E-state index contributed by atoms with van der Waals surface area (Å²) in [5.74, 6) is 0.401. The van der Waals surface area contributed by atoms with Gasteiger partial charge >= 0.3 is 12.1 Å². The summed E-state index contributed by atoms with van der Waals surface area (Å²) in [5.41, 5.74) is 0.859. The van der Waals surface area contributed by atoms with E-state index >= 15 is 0 Å². The van der Waals surface area contributed by atoms with E-state index in [2.05, 4.69) is 12.2 Å². The fourth-order valence-corrected chi connectivity index (χ4v) is 5.08. The van der Waals surface area contributed by atoms with Crippen LogP contribution < -0.4 is 4.90 Å². The molecule has 2 aliphatic rings. The van der Waals surface area contributed by atoms with Gasteiger partial charge in [0, 0.05) is 18.7 Å². The van der Waals surface area contributed by atoms with Crippen molar-refractivity contribution in [1.29, 1.82) is 0 Å². The van der Waals surface area contributed by atoms with E-state index in [9.17, 15) is 9.59 Å². The molecule has 0 saturated carbocycles.